The third-order valence-electron chi connectivity index (χ3n) is 4.55. The molecule has 1 aromatic heterocycles. The van der Waals surface area contributed by atoms with Crippen molar-refractivity contribution in [3.05, 3.63) is 29.6 Å². The standard InChI is InChI=1S/C19H25N5O4/c1-10(2)27-19(26)21-15-7-11(3)24(12(4)25)16-6-5-13(8-14(15)16)18-22-17(9-20)23-28-18/h5-6,8,10-11,15H,7,9,20H2,1-4H3,(H,21,26). The lowest BCUT2D eigenvalue weighted by Crippen LogP contribution is -2.45. The molecule has 1 aromatic carbocycles. The van der Waals surface area contributed by atoms with Gasteiger partial charge in [-0.05, 0) is 51.0 Å². The number of alkyl carbamates (subject to hydrolysis) is 1. The number of nitrogens with one attached hydrogen (secondary N) is 1. The number of nitrogens with two attached hydrogens (primary N) is 1. The minimum atomic E-state index is -0.497. The number of carbonyl (C=O) groups excluding carboxylic acids is 2. The molecule has 2 unspecified atom stereocenters. The first-order valence-electron chi connectivity index (χ1n) is 9.24. The minimum Gasteiger partial charge on any atom is -0.447 e. The first kappa shape index (κ1) is 19.8. The predicted molar refractivity (Wildman–Crippen MR) is 102 cm³/mol. The Morgan fingerprint density at radius 3 is 2.79 bits per heavy atom. The third-order valence-corrected chi connectivity index (χ3v) is 4.55. The number of carbonyl (C=O) groups is 2. The van der Waals surface area contributed by atoms with Crippen molar-refractivity contribution in [3.8, 4) is 11.5 Å². The molecule has 1 aliphatic heterocycles. The quantitative estimate of drug-likeness (QED) is 0.826. The molecule has 0 spiro atoms. The topological polar surface area (TPSA) is 124 Å². The summed E-state index contributed by atoms with van der Waals surface area (Å²) >= 11 is 0. The summed E-state index contributed by atoms with van der Waals surface area (Å²) < 4.78 is 10.5. The maximum Gasteiger partial charge on any atom is 0.407 e. The van der Waals surface area contributed by atoms with Crippen molar-refractivity contribution in [3.63, 3.8) is 0 Å². The fraction of sp³-hybridized carbons (Fsp3) is 0.474. The van der Waals surface area contributed by atoms with Gasteiger partial charge in [-0.3, -0.25) is 4.79 Å². The van der Waals surface area contributed by atoms with Gasteiger partial charge in [0.2, 0.25) is 5.91 Å². The Balaban J connectivity index is 2.00. The van der Waals surface area contributed by atoms with Crippen LogP contribution in [0.2, 0.25) is 0 Å². The zero-order valence-corrected chi connectivity index (χ0v) is 16.4. The summed E-state index contributed by atoms with van der Waals surface area (Å²) in [7, 11) is 0. The first-order chi connectivity index (χ1) is 13.3. The van der Waals surface area contributed by atoms with E-state index in [1.807, 2.05) is 25.1 Å². The molecule has 0 aliphatic carbocycles. The van der Waals surface area contributed by atoms with Gasteiger partial charge in [0.05, 0.1) is 18.7 Å². The Morgan fingerprint density at radius 1 is 1.43 bits per heavy atom. The van der Waals surface area contributed by atoms with Crippen LogP contribution in [0.1, 0.15) is 51.5 Å². The number of amides is 2. The Hall–Kier alpha value is -2.94. The van der Waals surface area contributed by atoms with Gasteiger partial charge in [-0.25, -0.2) is 4.79 Å². The summed E-state index contributed by atoms with van der Waals surface area (Å²) in [5.41, 5.74) is 7.76. The van der Waals surface area contributed by atoms with Gasteiger partial charge in [-0.15, -0.1) is 0 Å². The molecule has 2 heterocycles. The molecule has 150 valence electrons. The molecule has 1 aliphatic rings. The van der Waals surface area contributed by atoms with Crippen LogP contribution in [0, 0.1) is 0 Å². The average Bonchev–Trinajstić information content (AvgIpc) is 3.09. The number of aromatic nitrogens is 2. The van der Waals surface area contributed by atoms with Crippen LogP contribution in [0.4, 0.5) is 10.5 Å². The van der Waals surface area contributed by atoms with Gasteiger partial charge in [-0.2, -0.15) is 4.98 Å². The van der Waals surface area contributed by atoms with Crippen molar-refractivity contribution in [2.45, 2.75) is 58.8 Å². The molecular formula is C19H25N5O4. The minimum absolute atomic E-state index is 0.0621. The predicted octanol–water partition coefficient (Wildman–Crippen LogP) is 2.52. The van der Waals surface area contributed by atoms with Crippen molar-refractivity contribution in [2.24, 2.45) is 5.73 Å². The lowest BCUT2D eigenvalue weighted by molar-refractivity contribution is -0.117. The molecular weight excluding hydrogens is 362 g/mol. The first-order valence-corrected chi connectivity index (χ1v) is 9.24. The number of anilines is 1. The lowest BCUT2D eigenvalue weighted by Gasteiger charge is -2.39. The van der Waals surface area contributed by atoms with Gasteiger partial charge in [0.25, 0.3) is 5.89 Å². The molecule has 0 fully saturated rings. The van der Waals surface area contributed by atoms with E-state index < -0.39 is 6.09 Å². The highest BCUT2D eigenvalue weighted by Crippen LogP contribution is 2.39. The highest BCUT2D eigenvalue weighted by atomic mass is 16.6. The Labute approximate surface area is 163 Å². The zero-order chi connectivity index (χ0) is 20.4. The molecule has 0 radical (unpaired) electrons. The lowest BCUT2D eigenvalue weighted by atomic mass is 9.90. The fourth-order valence-electron chi connectivity index (χ4n) is 3.46. The highest BCUT2D eigenvalue weighted by molar-refractivity contribution is 5.94. The van der Waals surface area contributed by atoms with Crippen molar-refractivity contribution in [2.75, 3.05) is 4.90 Å². The molecule has 9 heteroatoms. The molecule has 3 rings (SSSR count). The fourth-order valence-corrected chi connectivity index (χ4v) is 3.46. The van der Waals surface area contributed by atoms with Gasteiger partial charge in [-0.1, -0.05) is 5.16 Å². The Morgan fingerprint density at radius 2 is 2.18 bits per heavy atom. The van der Waals surface area contributed by atoms with Crippen molar-refractivity contribution in [1.82, 2.24) is 15.5 Å². The maximum atomic E-state index is 12.2. The largest absolute Gasteiger partial charge is 0.447 e. The summed E-state index contributed by atoms with van der Waals surface area (Å²) in [5, 5.41) is 6.72. The average molecular weight is 387 g/mol. The van der Waals surface area contributed by atoms with Crippen LogP contribution in [0.25, 0.3) is 11.5 Å². The molecule has 0 saturated carbocycles. The number of fused-ring (bicyclic) bond motifs is 1. The second kappa shape index (κ2) is 7.97. The van der Waals surface area contributed by atoms with E-state index in [0.717, 1.165) is 11.3 Å². The van der Waals surface area contributed by atoms with Crippen LogP contribution in [-0.4, -0.2) is 34.3 Å². The van der Waals surface area contributed by atoms with Gasteiger partial charge in [0.15, 0.2) is 5.82 Å². The van der Waals surface area contributed by atoms with E-state index in [9.17, 15) is 9.59 Å². The smallest absolute Gasteiger partial charge is 0.407 e. The van der Waals surface area contributed by atoms with Crippen LogP contribution in [0.3, 0.4) is 0 Å². The summed E-state index contributed by atoms with van der Waals surface area (Å²) in [6, 6.07) is 5.10. The molecule has 2 amide bonds. The highest BCUT2D eigenvalue weighted by Gasteiger charge is 2.34. The number of hydrogen-bond acceptors (Lipinski definition) is 7. The van der Waals surface area contributed by atoms with Crippen LogP contribution >= 0.6 is 0 Å². The van der Waals surface area contributed by atoms with Crippen molar-refractivity contribution >= 4 is 17.7 Å². The van der Waals surface area contributed by atoms with Crippen molar-refractivity contribution in [1.29, 1.82) is 0 Å². The van der Waals surface area contributed by atoms with Crippen molar-refractivity contribution < 1.29 is 18.8 Å². The normalized spacial score (nSPS) is 18.7. The second-order valence-corrected chi connectivity index (χ2v) is 7.12. The van der Waals surface area contributed by atoms with Crippen LogP contribution < -0.4 is 16.0 Å². The second-order valence-electron chi connectivity index (χ2n) is 7.12. The Kier molecular flexibility index (Phi) is 5.64. The third kappa shape index (κ3) is 3.99. The van der Waals surface area contributed by atoms with E-state index in [4.69, 9.17) is 15.0 Å². The summed E-state index contributed by atoms with van der Waals surface area (Å²) in [6.45, 7) is 7.23. The molecule has 2 aromatic rings. The molecule has 3 N–H and O–H groups in total. The van der Waals surface area contributed by atoms with Gasteiger partial charge in [0.1, 0.15) is 0 Å². The number of hydrogen-bond donors (Lipinski definition) is 2. The molecule has 28 heavy (non-hydrogen) atoms. The number of rotatable bonds is 4. The number of benzene rings is 1. The number of ether oxygens (including phenoxy) is 1. The summed E-state index contributed by atoms with van der Waals surface area (Å²) in [4.78, 5) is 30.4. The van der Waals surface area contributed by atoms with Crippen LogP contribution in [-0.2, 0) is 16.1 Å². The summed E-state index contributed by atoms with van der Waals surface area (Å²) in [6.07, 6.45) is -0.169. The monoisotopic (exact) mass is 387 g/mol. The zero-order valence-electron chi connectivity index (χ0n) is 16.4. The van der Waals surface area contributed by atoms with E-state index in [1.54, 1.807) is 18.7 Å². The van der Waals surface area contributed by atoms with Gasteiger partial charge >= 0.3 is 6.09 Å². The van der Waals surface area contributed by atoms with E-state index in [0.29, 0.717) is 23.7 Å². The van der Waals surface area contributed by atoms with Crippen LogP contribution in [0.15, 0.2) is 22.7 Å². The molecule has 0 saturated heterocycles. The van der Waals surface area contributed by atoms with Gasteiger partial charge < -0.3 is 25.2 Å². The number of nitrogens with zero attached hydrogens (tertiary/aromatic N) is 3. The maximum absolute atomic E-state index is 12.2. The molecule has 2 atom stereocenters. The van der Waals surface area contributed by atoms with E-state index >= 15 is 0 Å². The van der Waals surface area contributed by atoms with Gasteiger partial charge in [0, 0.05) is 24.2 Å². The SMILES string of the molecule is CC(=O)N1c2ccc(-c3nc(CN)no3)cc2C(NC(=O)OC(C)C)CC1C. The molecule has 0 bridgehead atoms. The Bertz CT molecular complexity index is 879. The van der Waals surface area contributed by atoms with E-state index in [1.165, 1.54) is 6.92 Å². The van der Waals surface area contributed by atoms with E-state index in [2.05, 4.69) is 15.5 Å². The van der Waals surface area contributed by atoms with E-state index in [-0.39, 0.29) is 30.6 Å². The summed E-state index contributed by atoms with van der Waals surface area (Å²) in [5.74, 6) is 0.676. The molecule has 9 nitrogen and oxygen atoms in total. The van der Waals surface area contributed by atoms with Crippen LogP contribution in [0.5, 0.6) is 0 Å².